The van der Waals surface area contributed by atoms with E-state index in [9.17, 15) is 4.79 Å². The Bertz CT molecular complexity index is 317. The lowest BCUT2D eigenvalue weighted by atomic mass is 10.2. The molecule has 13 heavy (non-hydrogen) atoms. The maximum absolute atomic E-state index is 11.0. The first-order valence-corrected chi connectivity index (χ1v) is 3.95. The van der Waals surface area contributed by atoms with Crippen molar-refractivity contribution in [2.75, 3.05) is 6.54 Å². The predicted molar refractivity (Wildman–Crippen MR) is 54.9 cm³/mol. The second kappa shape index (κ2) is 5.40. The fourth-order valence-electron chi connectivity index (χ4n) is 0.692. The van der Waals surface area contributed by atoms with E-state index in [0.717, 1.165) is 0 Å². The molecule has 0 aliphatic carbocycles. The number of rotatable bonds is 2. The van der Waals surface area contributed by atoms with Crippen LogP contribution in [0.2, 0.25) is 10.2 Å². The van der Waals surface area contributed by atoms with Gasteiger partial charge in [0.05, 0.1) is 11.6 Å². The van der Waals surface area contributed by atoms with Crippen molar-refractivity contribution in [3.63, 3.8) is 0 Å². The lowest BCUT2D eigenvalue weighted by molar-refractivity contribution is 0.100. The highest BCUT2D eigenvalue weighted by Gasteiger charge is 2.06. The van der Waals surface area contributed by atoms with Crippen molar-refractivity contribution in [2.24, 2.45) is 5.73 Å². The molecule has 1 rings (SSSR count). The molecular formula is C7H7Cl3N2O. The van der Waals surface area contributed by atoms with Crippen LogP contribution >= 0.6 is 35.6 Å². The Kier molecular flexibility index (Phi) is 5.25. The molecule has 1 aromatic heterocycles. The van der Waals surface area contributed by atoms with Gasteiger partial charge in [0.25, 0.3) is 0 Å². The summed E-state index contributed by atoms with van der Waals surface area (Å²) in [5.74, 6) is -0.207. The van der Waals surface area contributed by atoms with Crippen molar-refractivity contribution in [1.29, 1.82) is 0 Å². The van der Waals surface area contributed by atoms with Gasteiger partial charge in [0.1, 0.15) is 5.15 Å². The predicted octanol–water partition coefficient (Wildman–Crippen LogP) is 1.95. The van der Waals surface area contributed by atoms with E-state index in [1.165, 1.54) is 12.3 Å². The van der Waals surface area contributed by atoms with Crippen LogP contribution in [0.3, 0.4) is 0 Å². The molecule has 0 amide bonds. The molecule has 0 saturated carbocycles. The van der Waals surface area contributed by atoms with E-state index in [1.54, 1.807) is 0 Å². The van der Waals surface area contributed by atoms with E-state index in [2.05, 4.69) is 4.98 Å². The number of ketones is 1. The molecule has 72 valence electrons. The van der Waals surface area contributed by atoms with Gasteiger partial charge in [-0.3, -0.25) is 4.79 Å². The van der Waals surface area contributed by atoms with Crippen LogP contribution in [0.15, 0.2) is 12.3 Å². The number of carbonyl (C=O) groups is 1. The summed E-state index contributed by atoms with van der Waals surface area (Å²) >= 11 is 11.2. The summed E-state index contributed by atoms with van der Waals surface area (Å²) in [5.41, 5.74) is 5.52. The zero-order chi connectivity index (χ0) is 9.14. The molecule has 0 aromatic carbocycles. The molecule has 0 unspecified atom stereocenters. The molecule has 1 aromatic rings. The molecule has 3 nitrogen and oxygen atoms in total. The Morgan fingerprint density at radius 1 is 1.54 bits per heavy atom. The second-order valence-electron chi connectivity index (χ2n) is 2.12. The maximum atomic E-state index is 11.0. The van der Waals surface area contributed by atoms with E-state index >= 15 is 0 Å². The lowest BCUT2D eigenvalue weighted by Crippen LogP contribution is -2.13. The van der Waals surface area contributed by atoms with Gasteiger partial charge in [-0.25, -0.2) is 4.98 Å². The van der Waals surface area contributed by atoms with Crippen molar-refractivity contribution in [3.05, 3.63) is 28.0 Å². The Balaban J connectivity index is 0.00000144. The zero-order valence-electron chi connectivity index (χ0n) is 6.46. The highest BCUT2D eigenvalue weighted by molar-refractivity contribution is 6.41. The summed E-state index contributed by atoms with van der Waals surface area (Å²) in [5, 5.41) is 0.446. The number of nitrogens with two attached hydrogens (primary N) is 1. The summed E-state index contributed by atoms with van der Waals surface area (Å²) in [6.45, 7) is -0.0559. The Hall–Kier alpha value is -0.350. The van der Waals surface area contributed by atoms with Crippen molar-refractivity contribution in [2.45, 2.75) is 0 Å². The molecule has 0 saturated heterocycles. The molecule has 0 bridgehead atoms. The van der Waals surface area contributed by atoms with Gasteiger partial charge >= 0.3 is 0 Å². The third kappa shape index (κ3) is 3.12. The summed E-state index contributed by atoms with van der Waals surface area (Å²) in [7, 11) is 0. The Morgan fingerprint density at radius 2 is 2.15 bits per heavy atom. The zero-order valence-corrected chi connectivity index (χ0v) is 8.79. The molecule has 6 heteroatoms. The summed E-state index contributed by atoms with van der Waals surface area (Å²) in [4.78, 5) is 14.7. The van der Waals surface area contributed by atoms with Gasteiger partial charge < -0.3 is 5.73 Å². The average Bonchev–Trinajstić information content (AvgIpc) is 2.08. The number of aromatic nitrogens is 1. The number of hydrogen-bond donors (Lipinski definition) is 1. The van der Waals surface area contributed by atoms with Crippen molar-refractivity contribution < 1.29 is 4.79 Å². The van der Waals surface area contributed by atoms with Crippen LogP contribution < -0.4 is 5.73 Å². The van der Waals surface area contributed by atoms with Gasteiger partial charge in [-0.2, -0.15) is 0 Å². The van der Waals surface area contributed by atoms with Gasteiger partial charge in [0, 0.05) is 11.8 Å². The first-order chi connectivity index (χ1) is 5.65. The summed E-state index contributed by atoms with van der Waals surface area (Å²) in [6, 6.07) is 1.45. The molecule has 0 atom stereocenters. The van der Waals surface area contributed by atoms with E-state index in [4.69, 9.17) is 28.9 Å². The van der Waals surface area contributed by atoms with Gasteiger partial charge in [0.2, 0.25) is 0 Å². The van der Waals surface area contributed by atoms with Crippen LogP contribution in [0, 0.1) is 0 Å². The standard InChI is InChI=1S/C7H6Cl2N2O.ClH/c8-5-1-4(6(12)2-10)3-11-7(5)9;/h1,3H,2,10H2;1H. The highest BCUT2D eigenvalue weighted by Crippen LogP contribution is 2.19. The average molecular weight is 242 g/mol. The fourth-order valence-corrected chi connectivity index (χ4v) is 0.961. The third-order valence-corrected chi connectivity index (χ3v) is 1.99. The molecule has 0 aliphatic heterocycles. The monoisotopic (exact) mass is 240 g/mol. The molecule has 0 radical (unpaired) electrons. The largest absolute Gasteiger partial charge is 0.324 e. The quantitative estimate of drug-likeness (QED) is 0.636. The third-order valence-electron chi connectivity index (χ3n) is 1.30. The minimum absolute atomic E-state index is 0. The molecule has 0 fully saturated rings. The minimum atomic E-state index is -0.207. The van der Waals surface area contributed by atoms with E-state index in [0.29, 0.717) is 5.56 Å². The first-order valence-electron chi connectivity index (χ1n) is 3.19. The Morgan fingerprint density at radius 3 is 2.62 bits per heavy atom. The smallest absolute Gasteiger partial charge is 0.177 e. The first kappa shape index (κ1) is 12.7. The minimum Gasteiger partial charge on any atom is -0.324 e. The fraction of sp³-hybridized carbons (Fsp3) is 0.143. The van der Waals surface area contributed by atoms with E-state index in [-0.39, 0.29) is 34.9 Å². The van der Waals surface area contributed by atoms with Crippen molar-refractivity contribution in [1.82, 2.24) is 4.98 Å². The molecular weight excluding hydrogens is 234 g/mol. The van der Waals surface area contributed by atoms with Crippen LogP contribution in [-0.4, -0.2) is 17.3 Å². The van der Waals surface area contributed by atoms with Gasteiger partial charge in [-0.1, -0.05) is 23.2 Å². The lowest BCUT2D eigenvalue weighted by Gasteiger charge is -1.98. The SMILES string of the molecule is Cl.NCC(=O)c1cnc(Cl)c(Cl)c1. The van der Waals surface area contributed by atoms with Crippen molar-refractivity contribution >= 4 is 41.4 Å². The molecule has 1 heterocycles. The van der Waals surface area contributed by atoms with E-state index in [1.807, 2.05) is 0 Å². The highest BCUT2D eigenvalue weighted by atomic mass is 35.5. The van der Waals surface area contributed by atoms with Crippen LogP contribution in [-0.2, 0) is 0 Å². The van der Waals surface area contributed by atoms with Crippen LogP contribution in [0.5, 0.6) is 0 Å². The van der Waals surface area contributed by atoms with Crippen molar-refractivity contribution in [3.8, 4) is 0 Å². The van der Waals surface area contributed by atoms with Gasteiger partial charge in [-0.05, 0) is 6.07 Å². The molecule has 0 aliphatic rings. The molecule has 2 N–H and O–H groups in total. The van der Waals surface area contributed by atoms with Gasteiger partial charge in [-0.15, -0.1) is 12.4 Å². The second-order valence-corrected chi connectivity index (χ2v) is 2.89. The maximum Gasteiger partial charge on any atom is 0.177 e. The summed E-state index contributed by atoms with van der Waals surface area (Å²) < 4.78 is 0. The Labute approximate surface area is 91.6 Å². The number of hydrogen-bond acceptors (Lipinski definition) is 3. The van der Waals surface area contributed by atoms with Crippen LogP contribution in [0.4, 0.5) is 0 Å². The molecule has 0 spiro atoms. The number of halogens is 3. The topological polar surface area (TPSA) is 56.0 Å². The number of Topliss-reactive ketones (excluding diaryl/α,β-unsaturated/α-hetero) is 1. The number of nitrogens with zero attached hydrogens (tertiary/aromatic N) is 1. The van der Waals surface area contributed by atoms with E-state index < -0.39 is 0 Å². The van der Waals surface area contributed by atoms with Crippen LogP contribution in [0.1, 0.15) is 10.4 Å². The number of pyridine rings is 1. The number of carbonyl (C=O) groups excluding carboxylic acids is 1. The van der Waals surface area contributed by atoms with Crippen LogP contribution in [0.25, 0.3) is 0 Å². The summed E-state index contributed by atoms with van der Waals surface area (Å²) in [6.07, 6.45) is 1.35. The normalized spacial score (nSPS) is 9.15. The van der Waals surface area contributed by atoms with Gasteiger partial charge in [0.15, 0.2) is 5.78 Å².